The van der Waals surface area contributed by atoms with E-state index in [1.165, 1.54) is 0 Å². The van der Waals surface area contributed by atoms with Crippen molar-refractivity contribution in [2.45, 2.75) is 38.9 Å². The van der Waals surface area contributed by atoms with E-state index < -0.39 is 32.4 Å². The molecule has 0 aliphatic heterocycles. The molecular formula is C8H18O6S2. The summed E-state index contributed by atoms with van der Waals surface area (Å²) < 4.78 is 52.4. The Kier molecular flexibility index (Phi) is 5.88. The summed E-state index contributed by atoms with van der Waals surface area (Å²) in [6, 6.07) is 0. The van der Waals surface area contributed by atoms with Gasteiger partial charge in [0.05, 0.1) is 24.7 Å². The monoisotopic (exact) mass is 274 g/mol. The van der Waals surface area contributed by atoms with Gasteiger partial charge in [-0.1, -0.05) is 0 Å². The topological polar surface area (TPSA) is 86.7 Å². The molecule has 0 radical (unpaired) electrons. The highest BCUT2D eigenvalue weighted by Crippen LogP contribution is 2.10. The van der Waals surface area contributed by atoms with Gasteiger partial charge in [0.25, 0.3) is 20.2 Å². The quantitative estimate of drug-likeness (QED) is 0.628. The Bertz CT molecular complexity index is 356. The predicted molar refractivity (Wildman–Crippen MR) is 60.0 cm³/mol. The fraction of sp³-hybridized carbons (Fsp3) is 1.00. The molecule has 0 amide bonds. The van der Waals surface area contributed by atoms with Crippen LogP contribution in [0.2, 0.25) is 0 Å². The van der Waals surface area contributed by atoms with Crippen molar-refractivity contribution in [2.24, 2.45) is 0 Å². The predicted octanol–water partition coefficient (Wildman–Crippen LogP) is 0.496. The second-order valence-electron chi connectivity index (χ2n) is 3.80. The van der Waals surface area contributed by atoms with Crippen molar-refractivity contribution in [3.05, 3.63) is 0 Å². The van der Waals surface area contributed by atoms with Crippen LogP contribution in [0.3, 0.4) is 0 Å². The third-order valence-corrected chi connectivity index (χ3v) is 3.01. The zero-order valence-corrected chi connectivity index (χ0v) is 11.5. The van der Waals surface area contributed by atoms with E-state index in [1.54, 1.807) is 13.8 Å². The van der Waals surface area contributed by atoms with Gasteiger partial charge in [0, 0.05) is 0 Å². The Morgan fingerprint density at radius 2 is 1.06 bits per heavy atom. The Labute approximate surface area is 97.2 Å². The summed E-state index contributed by atoms with van der Waals surface area (Å²) in [5.41, 5.74) is 0. The van der Waals surface area contributed by atoms with Gasteiger partial charge >= 0.3 is 0 Å². The molecule has 0 aromatic heterocycles. The first kappa shape index (κ1) is 15.8. The Morgan fingerprint density at radius 1 is 0.812 bits per heavy atom. The van der Waals surface area contributed by atoms with Gasteiger partial charge in [-0.2, -0.15) is 16.8 Å². The van der Waals surface area contributed by atoms with E-state index in [9.17, 15) is 16.8 Å². The van der Waals surface area contributed by atoms with Gasteiger partial charge in [-0.3, -0.25) is 8.37 Å². The third kappa shape index (κ3) is 10.3. The smallest absolute Gasteiger partial charge is 0.264 e. The lowest BCUT2D eigenvalue weighted by Crippen LogP contribution is -2.19. The molecule has 16 heavy (non-hydrogen) atoms. The van der Waals surface area contributed by atoms with Crippen molar-refractivity contribution in [3.63, 3.8) is 0 Å². The van der Waals surface area contributed by atoms with E-state index >= 15 is 0 Å². The lowest BCUT2D eigenvalue weighted by Gasteiger charge is -2.14. The van der Waals surface area contributed by atoms with Gasteiger partial charge in [0.15, 0.2) is 0 Å². The van der Waals surface area contributed by atoms with E-state index in [0.717, 1.165) is 12.5 Å². The SMILES string of the molecule is C[C@@H](CC[C@H](C)OS(C)(=O)=O)OS(C)(=O)=O. The Morgan fingerprint density at radius 3 is 1.25 bits per heavy atom. The van der Waals surface area contributed by atoms with Gasteiger partial charge in [-0.25, -0.2) is 0 Å². The van der Waals surface area contributed by atoms with Crippen molar-refractivity contribution < 1.29 is 25.2 Å². The van der Waals surface area contributed by atoms with Gasteiger partial charge < -0.3 is 0 Å². The van der Waals surface area contributed by atoms with E-state index in [0.29, 0.717) is 12.8 Å². The average molecular weight is 274 g/mol. The molecule has 0 aliphatic carbocycles. The van der Waals surface area contributed by atoms with Gasteiger partial charge in [-0.15, -0.1) is 0 Å². The van der Waals surface area contributed by atoms with Crippen molar-refractivity contribution in [1.82, 2.24) is 0 Å². The fourth-order valence-corrected chi connectivity index (χ4v) is 2.55. The van der Waals surface area contributed by atoms with Crippen LogP contribution in [0.4, 0.5) is 0 Å². The van der Waals surface area contributed by atoms with Gasteiger partial charge in [-0.05, 0) is 26.7 Å². The maximum Gasteiger partial charge on any atom is 0.264 e. The molecule has 0 aromatic carbocycles. The van der Waals surface area contributed by atoms with Crippen LogP contribution in [0.25, 0.3) is 0 Å². The minimum atomic E-state index is -3.47. The molecule has 0 aliphatic rings. The van der Waals surface area contributed by atoms with Crippen LogP contribution in [0.1, 0.15) is 26.7 Å². The van der Waals surface area contributed by atoms with E-state index in [2.05, 4.69) is 8.37 Å². The first-order valence-electron chi connectivity index (χ1n) is 4.76. The van der Waals surface area contributed by atoms with Crippen LogP contribution >= 0.6 is 0 Å². The number of hydrogen-bond acceptors (Lipinski definition) is 6. The normalized spacial score (nSPS) is 17.0. The van der Waals surface area contributed by atoms with Crippen molar-refractivity contribution in [2.75, 3.05) is 12.5 Å². The van der Waals surface area contributed by atoms with Crippen molar-refractivity contribution in [1.29, 1.82) is 0 Å². The molecule has 0 saturated carbocycles. The van der Waals surface area contributed by atoms with Crippen LogP contribution in [0, 0.1) is 0 Å². The van der Waals surface area contributed by atoms with Crippen molar-refractivity contribution >= 4 is 20.2 Å². The third-order valence-electron chi connectivity index (χ3n) is 1.66. The minimum Gasteiger partial charge on any atom is -0.267 e. The van der Waals surface area contributed by atoms with Crippen LogP contribution in [0.15, 0.2) is 0 Å². The fourth-order valence-electron chi connectivity index (χ4n) is 1.16. The second-order valence-corrected chi connectivity index (χ2v) is 7.00. The van der Waals surface area contributed by atoms with Crippen LogP contribution in [-0.4, -0.2) is 41.6 Å². The van der Waals surface area contributed by atoms with Gasteiger partial charge in [0.1, 0.15) is 0 Å². The summed E-state index contributed by atoms with van der Waals surface area (Å²) in [5.74, 6) is 0. The van der Waals surface area contributed by atoms with E-state index in [-0.39, 0.29) is 0 Å². The summed E-state index contributed by atoms with van der Waals surface area (Å²) in [6.45, 7) is 3.21. The molecule has 2 atom stereocenters. The molecule has 0 bridgehead atoms. The molecule has 0 unspecified atom stereocenters. The molecule has 0 saturated heterocycles. The molecule has 0 spiro atoms. The largest absolute Gasteiger partial charge is 0.267 e. The maximum absolute atomic E-state index is 10.8. The van der Waals surface area contributed by atoms with E-state index in [1.807, 2.05) is 0 Å². The first-order valence-corrected chi connectivity index (χ1v) is 8.39. The zero-order valence-electron chi connectivity index (χ0n) is 9.83. The van der Waals surface area contributed by atoms with Crippen LogP contribution in [0.5, 0.6) is 0 Å². The summed E-state index contributed by atoms with van der Waals surface area (Å²) >= 11 is 0. The minimum absolute atomic E-state index is 0.407. The Balaban J connectivity index is 3.98. The molecule has 0 heterocycles. The standard InChI is InChI=1S/C8H18O6S2/c1-7(13-15(3,9)10)5-6-8(2)14-16(4,11)12/h7-8H,5-6H2,1-4H3/t7-,8-/m0/s1. The highest BCUT2D eigenvalue weighted by Gasteiger charge is 2.14. The van der Waals surface area contributed by atoms with Gasteiger partial charge in [0.2, 0.25) is 0 Å². The summed E-state index contributed by atoms with van der Waals surface area (Å²) in [7, 11) is -6.93. The lowest BCUT2D eigenvalue weighted by atomic mass is 10.1. The molecule has 98 valence electrons. The van der Waals surface area contributed by atoms with E-state index in [4.69, 9.17) is 0 Å². The molecule has 0 N–H and O–H groups in total. The molecular weight excluding hydrogens is 256 g/mol. The summed E-state index contributed by atoms with van der Waals surface area (Å²) in [6.07, 6.45) is 1.79. The highest BCUT2D eigenvalue weighted by molar-refractivity contribution is 7.86. The number of rotatable bonds is 7. The molecule has 0 rings (SSSR count). The second kappa shape index (κ2) is 5.95. The lowest BCUT2D eigenvalue weighted by molar-refractivity contribution is 0.170. The summed E-state index contributed by atoms with van der Waals surface area (Å²) in [4.78, 5) is 0. The Hall–Kier alpha value is -0.180. The summed E-state index contributed by atoms with van der Waals surface area (Å²) in [5, 5.41) is 0. The number of hydrogen-bond donors (Lipinski definition) is 0. The first-order chi connectivity index (χ1) is 6.99. The molecule has 0 fully saturated rings. The average Bonchev–Trinajstić information content (AvgIpc) is 1.94. The maximum atomic E-state index is 10.8. The van der Waals surface area contributed by atoms with Crippen LogP contribution < -0.4 is 0 Å². The van der Waals surface area contributed by atoms with Crippen LogP contribution in [-0.2, 0) is 28.6 Å². The molecule has 0 aromatic rings. The molecule has 8 heteroatoms. The zero-order chi connectivity index (χ0) is 13.0. The highest BCUT2D eigenvalue weighted by atomic mass is 32.2. The molecule has 6 nitrogen and oxygen atoms in total. The van der Waals surface area contributed by atoms with Crippen molar-refractivity contribution in [3.8, 4) is 0 Å².